The van der Waals surface area contributed by atoms with Crippen molar-refractivity contribution in [3.8, 4) is 0 Å². The normalized spacial score (nSPS) is 9.76. The Balaban J connectivity index is 3.07. The highest BCUT2D eigenvalue weighted by atomic mass is 35.5. The summed E-state index contributed by atoms with van der Waals surface area (Å²) in [6, 6.07) is 4.46. The predicted octanol–water partition coefficient (Wildman–Crippen LogP) is 2.39. The van der Waals surface area contributed by atoms with Crippen LogP contribution in [0, 0.1) is 17.0 Å². The van der Waals surface area contributed by atoms with Crippen LogP contribution in [0.2, 0.25) is 0 Å². The number of aryl methyl sites for hydroxylation is 1. The Morgan fingerprint density at radius 2 is 2.24 bits per heavy atom. The minimum absolute atomic E-state index is 0.0513. The third kappa shape index (κ3) is 3.29. The monoisotopic (exact) mass is 254 g/mol. The van der Waals surface area contributed by atoms with E-state index in [9.17, 15) is 14.9 Å². The van der Waals surface area contributed by atoms with Crippen LogP contribution in [0.5, 0.6) is 0 Å². The van der Waals surface area contributed by atoms with E-state index in [1.807, 2.05) is 0 Å². The van der Waals surface area contributed by atoms with Crippen LogP contribution in [0.3, 0.4) is 0 Å². The summed E-state index contributed by atoms with van der Waals surface area (Å²) in [7, 11) is 0. The van der Waals surface area contributed by atoms with Crippen LogP contribution in [0.1, 0.15) is 15.9 Å². The highest BCUT2D eigenvalue weighted by molar-refractivity contribution is 6.29. The average Bonchev–Trinajstić information content (AvgIpc) is 2.25. The van der Waals surface area contributed by atoms with Crippen LogP contribution in [-0.4, -0.2) is 17.4 Å². The number of nitrogens with one attached hydrogen (secondary N) is 1. The van der Waals surface area contributed by atoms with Gasteiger partial charge in [-0.15, -0.1) is 0 Å². The van der Waals surface area contributed by atoms with Gasteiger partial charge in [-0.25, -0.2) is 0 Å². The molecule has 0 spiro atoms. The maximum Gasteiger partial charge on any atom is 0.282 e. The molecule has 1 aromatic rings. The van der Waals surface area contributed by atoms with E-state index in [0.717, 1.165) is 0 Å². The maximum absolute atomic E-state index is 11.8. The summed E-state index contributed by atoms with van der Waals surface area (Å²) in [5.74, 6) is -0.531. The van der Waals surface area contributed by atoms with Crippen LogP contribution in [-0.2, 0) is 0 Å². The maximum atomic E-state index is 11.8. The van der Waals surface area contributed by atoms with Gasteiger partial charge in [-0.1, -0.05) is 30.3 Å². The van der Waals surface area contributed by atoms with E-state index in [-0.39, 0.29) is 22.8 Å². The lowest BCUT2D eigenvalue weighted by atomic mass is 10.1. The van der Waals surface area contributed by atoms with Crippen LogP contribution in [0.4, 0.5) is 5.69 Å². The van der Waals surface area contributed by atoms with Gasteiger partial charge in [-0.2, -0.15) is 0 Å². The lowest BCUT2D eigenvalue weighted by molar-refractivity contribution is -0.385. The van der Waals surface area contributed by atoms with Crippen molar-refractivity contribution in [2.24, 2.45) is 0 Å². The van der Waals surface area contributed by atoms with Gasteiger partial charge in [0, 0.05) is 11.1 Å². The number of amides is 1. The second-order valence-corrected chi connectivity index (χ2v) is 3.96. The van der Waals surface area contributed by atoms with E-state index in [1.54, 1.807) is 13.0 Å². The summed E-state index contributed by atoms with van der Waals surface area (Å²) >= 11 is 5.51. The second kappa shape index (κ2) is 5.45. The summed E-state index contributed by atoms with van der Waals surface area (Å²) in [6.07, 6.45) is 0. The van der Waals surface area contributed by atoms with Gasteiger partial charge in [0.25, 0.3) is 11.6 Å². The molecule has 0 heterocycles. The molecule has 90 valence electrons. The molecule has 5 nitrogen and oxygen atoms in total. The van der Waals surface area contributed by atoms with Gasteiger partial charge in [-0.3, -0.25) is 14.9 Å². The zero-order valence-electron chi connectivity index (χ0n) is 9.20. The van der Waals surface area contributed by atoms with Gasteiger partial charge >= 0.3 is 0 Å². The highest BCUT2D eigenvalue weighted by Gasteiger charge is 2.21. The van der Waals surface area contributed by atoms with Crippen molar-refractivity contribution < 1.29 is 9.72 Å². The van der Waals surface area contributed by atoms with Gasteiger partial charge in [-0.05, 0) is 12.5 Å². The number of carbonyl (C=O) groups excluding carboxylic acids is 1. The molecule has 0 radical (unpaired) electrons. The Kier molecular flexibility index (Phi) is 4.23. The number of hydrogen-bond donors (Lipinski definition) is 1. The molecule has 0 unspecified atom stereocenters. The van der Waals surface area contributed by atoms with Gasteiger partial charge in [0.1, 0.15) is 5.56 Å². The Morgan fingerprint density at radius 3 is 2.76 bits per heavy atom. The molecule has 1 N–H and O–H groups in total. The molecule has 6 heteroatoms. The van der Waals surface area contributed by atoms with Gasteiger partial charge in [0.05, 0.1) is 11.5 Å². The predicted molar refractivity (Wildman–Crippen MR) is 65.2 cm³/mol. The molecule has 0 saturated heterocycles. The molecule has 0 aliphatic rings. The van der Waals surface area contributed by atoms with E-state index in [4.69, 9.17) is 11.6 Å². The number of rotatable bonds is 4. The van der Waals surface area contributed by atoms with Crippen molar-refractivity contribution in [2.45, 2.75) is 6.92 Å². The molecule has 0 aliphatic carbocycles. The Labute approximate surface area is 103 Å². The quantitative estimate of drug-likeness (QED) is 0.662. The molecule has 0 saturated carbocycles. The number of halogens is 1. The fraction of sp³-hybridized carbons (Fsp3) is 0.182. The van der Waals surface area contributed by atoms with Crippen molar-refractivity contribution in [1.82, 2.24) is 5.32 Å². The number of nitro groups is 1. The summed E-state index contributed by atoms with van der Waals surface area (Å²) in [6.45, 7) is 5.13. The molecule has 0 aliphatic heterocycles. The molecular weight excluding hydrogens is 244 g/mol. The van der Waals surface area contributed by atoms with Crippen molar-refractivity contribution >= 4 is 23.2 Å². The molecule has 1 amide bonds. The topological polar surface area (TPSA) is 72.2 Å². The van der Waals surface area contributed by atoms with Gasteiger partial charge < -0.3 is 5.32 Å². The SMILES string of the molecule is C=C(Cl)CNC(=O)c1c(C)cccc1[N+](=O)[O-]. The van der Waals surface area contributed by atoms with E-state index in [0.29, 0.717) is 5.56 Å². The van der Waals surface area contributed by atoms with E-state index in [1.165, 1.54) is 12.1 Å². The summed E-state index contributed by atoms with van der Waals surface area (Å²) in [5, 5.41) is 13.5. The number of carbonyl (C=O) groups is 1. The van der Waals surface area contributed by atoms with Crippen LogP contribution in [0.25, 0.3) is 0 Å². The molecule has 1 aromatic carbocycles. The molecule has 0 fully saturated rings. The summed E-state index contributed by atoms with van der Waals surface area (Å²) < 4.78 is 0. The Hall–Kier alpha value is -1.88. The van der Waals surface area contributed by atoms with E-state index < -0.39 is 10.8 Å². The first-order valence-electron chi connectivity index (χ1n) is 4.79. The fourth-order valence-electron chi connectivity index (χ4n) is 1.36. The van der Waals surface area contributed by atoms with Gasteiger partial charge in [0.2, 0.25) is 0 Å². The zero-order valence-corrected chi connectivity index (χ0v) is 9.95. The minimum atomic E-state index is -0.586. The Bertz CT molecular complexity index is 486. The smallest absolute Gasteiger partial charge is 0.282 e. The number of nitrogens with zero attached hydrogens (tertiary/aromatic N) is 1. The van der Waals surface area contributed by atoms with E-state index >= 15 is 0 Å². The van der Waals surface area contributed by atoms with Crippen LogP contribution >= 0.6 is 11.6 Å². The molecule has 0 atom stereocenters. The summed E-state index contributed by atoms with van der Waals surface area (Å²) in [4.78, 5) is 22.0. The highest BCUT2D eigenvalue weighted by Crippen LogP contribution is 2.21. The number of benzene rings is 1. The van der Waals surface area contributed by atoms with Crippen molar-refractivity contribution in [1.29, 1.82) is 0 Å². The lowest BCUT2D eigenvalue weighted by Gasteiger charge is -2.07. The third-order valence-corrected chi connectivity index (χ3v) is 2.25. The van der Waals surface area contributed by atoms with Crippen molar-refractivity contribution in [2.75, 3.05) is 6.54 Å². The molecular formula is C11H11ClN2O3. The summed E-state index contributed by atoms with van der Waals surface area (Å²) in [5.41, 5.74) is 0.370. The van der Waals surface area contributed by atoms with Crippen molar-refractivity contribution in [3.05, 3.63) is 51.1 Å². The molecule has 0 aromatic heterocycles. The van der Waals surface area contributed by atoms with Crippen LogP contribution in [0.15, 0.2) is 29.8 Å². The first-order valence-corrected chi connectivity index (χ1v) is 5.16. The molecule has 1 rings (SSSR count). The fourth-order valence-corrected chi connectivity index (χ4v) is 1.43. The second-order valence-electron chi connectivity index (χ2n) is 3.43. The number of nitro benzene ring substituents is 1. The first kappa shape index (κ1) is 13.2. The number of hydrogen-bond acceptors (Lipinski definition) is 3. The lowest BCUT2D eigenvalue weighted by Crippen LogP contribution is -2.26. The van der Waals surface area contributed by atoms with Crippen molar-refractivity contribution in [3.63, 3.8) is 0 Å². The third-order valence-electron chi connectivity index (χ3n) is 2.12. The molecule has 0 bridgehead atoms. The Morgan fingerprint density at radius 1 is 1.59 bits per heavy atom. The minimum Gasteiger partial charge on any atom is -0.347 e. The zero-order chi connectivity index (χ0) is 13.0. The molecule has 17 heavy (non-hydrogen) atoms. The largest absolute Gasteiger partial charge is 0.347 e. The first-order chi connectivity index (χ1) is 7.93. The van der Waals surface area contributed by atoms with Crippen LogP contribution < -0.4 is 5.32 Å². The van der Waals surface area contributed by atoms with E-state index in [2.05, 4.69) is 11.9 Å². The average molecular weight is 255 g/mol. The van der Waals surface area contributed by atoms with Gasteiger partial charge in [0.15, 0.2) is 0 Å². The standard InChI is InChI=1S/C11H11ClN2O3/c1-7-4-3-5-9(14(16)17)10(7)11(15)13-6-8(2)12/h3-5H,2,6H2,1H3,(H,13,15).